The highest BCUT2D eigenvalue weighted by molar-refractivity contribution is 6.02. The Kier molecular flexibility index (Phi) is 28.7. The number of hydrogen-bond acceptors (Lipinski definition) is 0. The fraction of sp³-hybridized carbons (Fsp3) is 0.314. The molecule has 0 atom stereocenters. The second-order valence-electron chi connectivity index (χ2n) is 17.6. The van der Waals surface area contributed by atoms with E-state index in [4.69, 9.17) is 0 Å². The monoisotopic (exact) mass is 933 g/mol. The first-order valence-corrected chi connectivity index (χ1v) is 26.2. The standard InChI is InChI=1S/2C24H26.C14H16.4C2H6/c1-16(2)23(21-12-8-6-10-17(21)3)19(5)24-18(4)14-15-20-11-7-9-13-22(20)24;1-6-19(15-20-13-11-17(2)12-14-20)16-23-18(3)21-9-7-8-10-22(21)24(23,4)5;1-4-12(2)10-11-13(3)14-8-6-5-7-9-14;4*1-2/h6-16H,1-5H3;6-14,16H,3,15H2,1-2,4-5H3;4-11H,1H2,2-3H3;4*1-2H3/b23-19+;19-6-,23-16+;12-10-,13-11+;;;;. The highest BCUT2D eigenvalue weighted by Gasteiger charge is 2.36. The molecule has 70 heavy (non-hydrogen) atoms. The van der Waals surface area contributed by atoms with Gasteiger partial charge < -0.3 is 0 Å². The van der Waals surface area contributed by atoms with Gasteiger partial charge in [0, 0.05) is 5.41 Å². The van der Waals surface area contributed by atoms with Crippen LogP contribution in [-0.2, 0) is 11.8 Å². The summed E-state index contributed by atoms with van der Waals surface area (Å²) < 4.78 is 0. The highest BCUT2D eigenvalue weighted by Crippen LogP contribution is 2.49. The number of allylic oxidation sites excluding steroid dienone is 12. The number of fused-ring (bicyclic) bond motifs is 2. The van der Waals surface area contributed by atoms with Crippen LogP contribution >= 0.6 is 0 Å². The quantitative estimate of drug-likeness (QED) is 0.100. The average molecular weight is 934 g/mol. The summed E-state index contributed by atoms with van der Waals surface area (Å²) >= 11 is 0. The Labute approximate surface area is 430 Å². The van der Waals surface area contributed by atoms with E-state index in [1.807, 2.05) is 74.5 Å². The molecule has 7 rings (SSSR count). The molecule has 6 aromatic carbocycles. The van der Waals surface area contributed by atoms with Gasteiger partial charge in [0.2, 0.25) is 0 Å². The van der Waals surface area contributed by atoms with E-state index in [2.05, 4.69) is 240 Å². The molecule has 0 spiro atoms. The van der Waals surface area contributed by atoms with Crippen molar-refractivity contribution in [1.29, 1.82) is 0 Å². The molecule has 0 heterocycles. The molecule has 0 saturated carbocycles. The van der Waals surface area contributed by atoms with Crippen LogP contribution < -0.4 is 0 Å². The third kappa shape index (κ3) is 17.3. The summed E-state index contributed by atoms with van der Waals surface area (Å²) in [5.74, 6) is 0.476. The number of hydrogen-bond donors (Lipinski definition) is 0. The minimum atomic E-state index is 0.00914. The van der Waals surface area contributed by atoms with Crippen molar-refractivity contribution >= 4 is 33.1 Å². The largest absolute Gasteiger partial charge is 0.0988 e. The number of rotatable bonds is 9. The van der Waals surface area contributed by atoms with E-state index in [0.29, 0.717) is 5.92 Å². The predicted octanol–water partition coefficient (Wildman–Crippen LogP) is 21.8. The number of benzene rings is 6. The van der Waals surface area contributed by atoms with Gasteiger partial charge in [-0.3, -0.25) is 0 Å². The molecule has 6 aromatic rings. The molecule has 0 nitrogen and oxygen atoms in total. The van der Waals surface area contributed by atoms with Crippen LogP contribution in [0.15, 0.2) is 200 Å². The van der Waals surface area contributed by atoms with Gasteiger partial charge in [0.15, 0.2) is 0 Å². The van der Waals surface area contributed by atoms with Gasteiger partial charge in [-0.1, -0.05) is 277 Å². The van der Waals surface area contributed by atoms with Crippen molar-refractivity contribution in [3.63, 3.8) is 0 Å². The molecule has 372 valence electrons. The van der Waals surface area contributed by atoms with Crippen LogP contribution in [0.5, 0.6) is 0 Å². The first-order valence-electron chi connectivity index (χ1n) is 26.2. The third-order valence-electron chi connectivity index (χ3n) is 12.2. The molecule has 0 bridgehead atoms. The first kappa shape index (κ1) is 61.8. The van der Waals surface area contributed by atoms with E-state index >= 15 is 0 Å². The molecule has 0 unspecified atom stereocenters. The lowest BCUT2D eigenvalue weighted by molar-refractivity contribution is 0.660. The topological polar surface area (TPSA) is 0 Å². The maximum atomic E-state index is 4.38. The SMILES string of the molecule is C/C(=C(\c1ccccc1C)C(C)C)c1c(C)ccc2ccccc12.C=C/C(C)=C\C=C(/C)c1ccccc1.C=C1/C(=C\C(=C/C)Cc2ccc(C)cc2)C(C)(C)c2ccccc21.CC.CC.CC.CC. The van der Waals surface area contributed by atoms with E-state index in [1.165, 1.54) is 99.9 Å². The molecular formula is C70H92. The normalized spacial score (nSPS) is 13.4. The zero-order valence-corrected chi connectivity index (χ0v) is 47.4. The van der Waals surface area contributed by atoms with E-state index in [0.717, 1.165) is 6.42 Å². The van der Waals surface area contributed by atoms with Crippen molar-refractivity contribution < 1.29 is 0 Å². The minimum absolute atomic E-state index is 0.00914. The van der Waals surface area contributed by atoms with Crippen molar-refractivity contribution in [2.24, 2.45) is 5.92 Å². The molecule has 0 aromatic heterocycles. The zero-order chi connectivity index (χ0) is 53.0. The van der Waals surface area contributed by atoms with Crippen LogP contribution in [0.4, 0.5) is 0 Å². The van der Waals surface area contributed by atoms with Gasteiger partial charge in [0.25, 0.3) is 0 Å². The lowest BCUT2D eigenvalue weighted by atomic mass is 9.81. The van der Waals surface area contributed by atoms with Crippen LogP contribution in [0.1, 0.15) is 161 Å². The molecule has 1 aliphatic carbocycles. The molecule has 1 aliphatic rings. The van der Waals surface area contributed by atoms with Gasteiger partial charge in [0.05, 0.1) is 0 Å². The summed E-state index contributed by atoms with van der Waals surface area (Å²) in [7, 11) is 0. The number of aryl methyl sites for hydroxylation is 3. The van der Waals surface area contributed by atoms with Gasteiger partial charge >= 0.3 is 0 Å². The fourth-order valence-corrected chi connectivity index (χ4v) is 8.55. The molecule has 0 N–H and O–H groups in total. The van der Waals surface area contributed by atoms with Crippen molar-refractivity contribution in [3.8, 4) is 0 Å². The molecule has 0 amide bonds. The molecule has 0 fully saturated rings. The zero-order valence-electron chi connectivity index (χ0n) is 47.4. The molecular weight excluding hydrogens is 841 g/mol. The lowest BCUT2D eigenvalue weighted by Gasteiger charge is -2.22. The Morgan fingerprint density at radius 1 is 0.614 bits per heavy atom. The van der Waals surface area contributed by atoms with Crippen molar-refractivity contribution in [2.75, 3.05) is 0 Å². The van der Waals surface area contributed by atoms with Gasteiger partial charge in [-0.05, 0) is 150 Å². The van der Waals surface area contributed by atoms with Crippen molar-refractivity contribution in [3.05, 3.63) is 250 Å². The summed E-state index contributed by atoms with van der Waals surface area (Å²) in [6, 6.07) is 49.7. The van der Waals surface area contributed by atoms with E-state index in [9.17, 15) is 0 Å². The second-order valence-corrected chi connectivity index (χ2v) is 17.6. The fourth-order valence-electron chi connectivity index (χ4n) is 8.55. The van der Waals surface area contributed by atoms with E-state index < -0.39 is 0 Å². The molecule has 0 saturated heterocycles. The Bertz CT molecular complexity index is 2660. The van der Waals surface area contributed by atoms with Gasteiger partial charge in [-0.25, -0.2) is 0 Å². The average Bonchev–Trinajstić information content (AvgIpc) is 3.59. The first-order chi connectivity index (χ1) is 33.7. The second kappa shape index (κ2) is 32.5. The van der Waals surface area contributed by atoms with Crippen LogP contribution in [-0.4, -0.2) is 0 Å². The Morgan fingerprint density at radius 3 is 1.74 bits per heavy atom. The maximum absolute atomic E-state index is 4.38. The molecule has 0 heteroatoms. The smallest absolute Gasteiger partial charge is 0.0158 e. The summed E-state index contributed by atoms with van der Waals surface area (Å²) in [5, 5.41) is 2.66. The van der Waals surface area contributed by atoms with Crippen molar-refractivity contribution in [2.45, 2.75) is 143 Å². The molecule has 0 radical (unpaired) electrons. The third-order valence-corrected chi connectivity index (χ3v) is 12.2. The molecule has 0 aliphatic heterocycles. The van der Waals surface area contributed by atoms with Crippen LogP contribution in [0.25, 0.3) is 33.1 Å². The van der Waals surface area contributed by atoms with E-state index in [-0.39, 0.29) is 5.41 Å². The summed E-state index contributed by atoms with van der Waals surface area (Å²) in [6.45, 7) is 48.4. The Morgan fingerprint density at radius 2 is 1.17 bits per heavy atom. The Hall–Kier alpha value is -6.24. The van der Waals surface area contributed by atoms with E-state index in [1.54, 1.807) is 0 Å². The lowest BCUT2D eigenvalue weighted by Crippen LogP contribution is -2.15. The van der Waals surface area contributed by atoms with Crippen LogP contribution in [0.2, 0.25) is 0 Å². The van der Waals surface area contributed by atoms with Crippen LogP contribution in [0.3, 0.4) is 0 Å². The predicted molar refractivity (Wildman–Crippen MR) is 322 cm³/mol. The van der Waals surface area contributed by atoms with Gasteiger partial charge in [0.1, 0.15) is 0 Å². The minimum Gasteiger partial charge on any atom is -0.0988 e. The Balaban J connectivity index is 0.000000504. The van der Waals surface area contributed by atoms with Crippen molar-refractivity contribution in [1.82, 2.24) is 0 Å². The van der Waals surface area contributed by atoms with Gasteiger partial charge in [-0.15, -0.1) is 0 Å². The summed E-state index contributed by atoms with van der Waals surface area (Å²) in [5.41, 5.74) is 21.2. The van der Waals surface area contributed by atoms with Crippen LogP contribution in [0, 0.1) is 26.7 Å². The summed E-state index contributed by atoms with van der Waals surface area (Å²) in [4.78, 5) is 0. The highest BCUT2D eigenvalue weighted by atomic mass is 14.4. The summed E-state index contributed by atoms with van der Waals surface area (Å²) in [6.07, 6.45) is 11.6. The maximum Gasteiger partial charge on any atom is 0.0158 e. The van der Waals surface area contributed by atoms with Gasteiger partial charge in [-0.2, -0.15) is 0 Å².